The van der Waals surface area contributed by atoms with E-state index in [9.17, 15) is 4.79 Å². The lowest BCUT2D eigenvalue weighted by molar-refractivity contribution is -0.139. The van der Waals surface area contributed by atoms with Crippen molar-refractivity contribution in [3.05, 3.63) is 29.7 Å². The van der Waals surface area contributed by atoms with Crippen LogP contribution < -0.4 is 5.32 Å². The highest BCUT2D eigenvalue weighted by molar-refractivity contribution is 5.79. The first kappa shape index (κ1) is 17.5. The number of hydrogen-bond donors (Lipinski definition) is 1. The van der Waals surface area contributed by atoms with E-state index < -0.39 is 0 Å². The summed E-state index contributed by atoms with van der Waals surface area (Å²) in [7, 11) is 0. The molecule has 1 aromatic rings. The molecule has 2 aliphatic carbocycles. The highest BCUT2D eigenvalue weighted by Gasteiger charge is 2.31. The molecule has 0 spiro atoms. The number of nitrogens with zero attached hydrogens (tertiary/aromatic N) is 3. The van der Waals surface area contributed by atoms with Gasteiger partial charge >= 0.3 is 0 Å². The van der Waals surface area contributed by atoms with Crippen molar-refractivity contribution in [2.75, 3.05) is 31.6 Å². The standard InChI is InChI=1S/C20H28N4O2/c25-19(12-15-4-2-1-3-5-15)24-10-11-26-14-17(24)20-21-9-8-18(23-20)22-13-16-6-7-16/h4,8-9,16-17H,1-3,5-7,10-14H2,(H,21,22,23). The van der Waals surface area contributed by atoms with Gasteiger partial charge < -0.3 is 15.0 Å². The molecule has 1 atom stereocenters. The number of hydrogen-bond acceptors (Lipinski definition) is 5. The first-order chi connectivity index (χ1) is 12.8. The fourth-order valence-corrected chi connectivity index (χ4v) is 3.68. The number of ether oxygens (including phenoxy) is 1. The quantitative estimate of drug-likeness (QED) is 0.794. The van der Waals surface area contributed by atoms with Gasteiger partial charge in [0.15, 0.2) is 5.82 Å². The summed E-state index contributed by atoms with van der Waals surface area (Å²) in [5, 5.41) is 3.39. The van der Waals surface area contributed by atoms with Crippen molar-refractivity contribution >= 4 is 11.7 Å². The van der Waals surface area contributed by atoms with Gasteiger partial charge in [0.25, 0.3) is 0 Å². The molecule has 3 aliphatic rings. The minimum Gasteiger partial charge on any atom is -0.377 e. The Bertz CT molecular complexity index is 672. The monoisotopic (exact) mass is 356 g/mol. The lowest BCUT2D eigenvalue weighted by Gasteiger charge is -2.35. The van der Waals surface area contributed by atoms with Gasteiger partial charge in [0.2, 0.25) is 5.91 Å². The lowest BCUT2D eigenvalue weighted by atomic mass is 9.96. The summed E-state index contributed by atoms with van der Waals surface area (Å²) in [6.07, 6.45) is 11.8. The minimum absolute atomic E-state index is 0.173. The highest BCUT2D eigenvalue weighted by atomic mass is 16.5. The Hall–Kier alpha value is -1.95. The third-order valence-corrected chi connectivity index (χ3v) is 5.45. The lowest BCUT2D eigenvalue weighted by Crippen LogP contribution is -2.44. The molecule has 1 unspecified atom stereocenters. The molecule has 4 rings (SSSR count). The van der Waals surface area contributed by atoms with E-state index in [4.69, 9.17) is 4.74 Å². The first-order valence-corrected chi connectivity index (χ1v) is 9.91. The van der Waals surface area contributed by atoms with Crippen LogP contribution in [0.4, 0.5) is 5.82 Å². The van der Waals surface area contributed by atoms with Crippen molar-refractivity contribution in [3.63, 3.8) is 0 Å². The molecule has 2 heterocycles. The maximum Gasteiger partial charge on any atom is 0.227 e. The smallest absolute Gasteiger partial charge is 0.227 e. The van der Waals surface area contributed by atoms with E-state index in [1.165, 1.54) is 31.3 Å². The molecule has 1 aliphatic heterocycles. The zero-order valence-corrected chi connectivity index (χ0v) is 15.3. The molecule has 6 heteroatoms. The number of allylic oxidation sites excluding steroid dienone is 1. The summed E-state index contributed by atoms with van der Waals surface area (Å²) in [5.41, 5.74) is 1.28. The zero-order chi connectivity index (χ0) is 17.8. The molecule has 1 amide bonds. The molecular formula is C20H28N4O2. The average Bonchev–Trinajstić information content (AvgIpc) is 3.52. The van der Waals surface area contributed by atoms with E-state index in [2.05, 4.69) is 21.4 Å². The van der Waals surface area contributed by atoms with Gasteiger partial charge in [-0.3, -0.25) is 4.79 Å². The summed E-state index contributed by atoms with van der Waals surface area (Å²) in [6, 6.07) is 1.71. The van der Waals surface area contributed by atoms with E-state index in [0.29, 0.717) is 32.0 Å². The molecule has 140 valence electrons. The normalized spacial score (nSPS) is 23.5. The van der Waals surface area contributed by atoms with E-state index in [-0.39, 0.29) is 11.9 Å². The summed E-state index contributed by atoms with van der Waals surface area (Å²) in [6.45, 7) is 2.63. The van der Waals surface area contributed by atoms with Crippen LogP contribution in [-0.2, 0) is 9.53 Å². The van der Waals surface area contributed by atoms with Crippen molar-refractivity contribution < 1.29 is 9.53 Å². The molecule has 2 fully saturated rings. The van der Waals surface area contributed by atoms with Gasteiger partial charge in [0.05, 0.1) is 13.2 Å². The average molecular weight is 356 g/mol. The fraction of sp³-hybridized carbons (Fsp3) is 0.650. The largest absolute Gasteiger partial charge is 0.377 e. The van der Waals surface area contributed by atoms with E-state index in [1.54, 1.807) is 6.20 Å². The van der Waals surface area contributed by atoms with Crippen LogP contribution in [0.5, 0.6) is 0 Å². The second kappa shape index (κ2) is 8.16. The molecular weight excluding hydrogens is 328 g/mol. The van der Waals surface area contributed by atoms with Crippen LogP contribution in [0.3, 0.4) is 0 Å². The highest BCUT2D eigenvalue weighted by Crippen LogP contribution is 2.29. The van der Waals surface area contributed by atoms with Crippen molar-refractivity contribution in [1.29, 1.82) is 0 Å². The van der Waals surface area contributed by atoms with Crippen molar-refractivity contribution in [2.24, 2.45) is 5.92 Å². The van der Waals surface area contributed by atoms with Crippen LogP contribution in [0.25, 0.3) is 0 Å². The Kier molecular flexibility index (Phi) is 5.48. The number of aromatic nitrogens is 2. The maximum absolute atomic E-state index is 12.9. The predicted molar refractivity (Wildman–Crippen MR) is 99.7 cm³/mol. The Morgan fingerprint density at radius 3 is 3.08 bits per heavy atom. The number of morpholine rings is 1. The molecule has 0 bridgehead atoms. The SMILES string of the molecule is O=C(CC1=CCCCC1)N1CCOCC1c1nccc(NCC2CC2)n1. The number of amides is 1. The Balaban J connectivity index is 1.45. The molecule has 1 saturated heterocycles. The third-order valence-electron chi connectivity index (χ3n) is 5.45. The molecule has 1 N–H and O–H groups in total. The van der Waals surface area contributed by atoms with Gasteiger partial charge in [-0.05, 0) is 50.5 Å². The summed E-state index contributed by atoms with van der Waals surface area (Å²) in [4.78, 5) is 23.9. The van der Waals surface area contributed by atoms with Crippen molar-refractivity contribution in [2.45, 2.75) is 51.0 Å². The maximum atomic E-state index is 12.9. The van der Waals surface area contributed by atoms with Crippen molar-refractivity contribution in [1.82, 2.24) is 14.9 Å². The van der Waals surface area contributed by atoms with E-state index in [0.717, 1.165) is 31.1 Å². The first-order valence-electron chi connectivity index (χ1n) is 9.91. The zero-order valence-electron chi connectivity index (χ0n) is 15.3. The topological polar surface area (TPSA) is 67.4 Å². The Morgan fingerprint density at radius 1 is 1.35 bits per heavy atom. The molecule has 0 radical (unpaired) electrons. The van der Waals surface area contributed by atoms with Crippen LogP contribution in [0.1, 0.15) is 56.8 Å². The minimum atomic E-state index is -0.192. The predicted octanol–water partition coefficient (Wildman–Crippen LogP) is 3.09. The second-order valence-electron chi connectivity index (χ2n) is 7.59. The summed E-state index contributed by atoms with van der Waals surface area (Å²) in [5.74, 6) is 2.48. The van der Waals surface area contributed by atoms with Crippen molar-refractivity contribution in [3.8, 4) is 0 Å². The van der Waals surface area contributed by atoms with Gasteiger partial charge in [-0.15, -0.1) is 0 Å². The summed E-state index contributed by atoms with van der Waals surface area (Å²) >= 11 is 0. The van der Waals surface area contributed by atoms with E-state index >= 15 is 0 Å². The van der Waals surface area contributed by atoms with Gasteiger partial charge in [-0.25, -0.2) is 9.97 Å². The third kappa shape index (κ3) is 4.41. The molecule has 0 aromatic carbocycles. The molecule has 26 heavy (non-hydrogen) atoms. The van der Waals surface area contributed by atoms with Crippen LogP contribution in [0.2, 0.25) is 0 Å². The fourth-order valence-electron chi connectivity index (χ4n) is 3.68. The second-order valence-corrected chi connectivity index (χ2v) is 7.59. The number of carbonyl (C=O) groups is 1. The number of anilines is 1. The van der Waals surface area contributed by atoms with Gasteiger partial charge in [-0.1, -0.05) is 11.6 Å². The number of carbonyl (C=O) groups excluding carboxylic acids is 1. The van der Waals surface area contributed by atoms with Gasteiger partial charge in [0.1, 0.15) is 11.9 Å². The Labute approximate surface area is 155 Å². The van der Waals surface area contributed by atoms with Gasteiger partial charge in [-0.2, -0.15) is 0 Å². The van der Waals surface area contributed by atoms with Crippen LogP contribution in [0.15, 0.2) is 23.9 Å². The van der Waals surface area contributed by atoms with Crippen LogP contribution in [0, 0.1) is 5.92 Å². The molecule has 1 saturated carbocycles. The van der Waals surface area contributed by atoms with Crippen LogP contribution in [-0.4, -0.2) is 47.1 Å². The van der Waals surface area contributed by atoms with Crippen LogP contribution >= 0.6 is 0 Å². The van der Waals surface area contributed by atoms with E-state index in [1.807, 2.05) is 11.0 Å². The van der Waals surface area contributed by atoms with Gasteiger partial charge in [0, 0.05) is 25.7 Å². The molecule has 1 aromatic heterocycles. The Morgan fingerprint density at radius 2 is 2.27 bits per heavy atom. The summed E-state index contributed by atoms with van der Waals surface area (Å²) < 4.78 is 5.65. The number of nitrogens with one attached hydrogen (secondary N) is 1. The number of rotatable bonds is 6. The molecule has 6 nitrogen and oxygen atoms in total.